The maximum atomic E-state index is 12.3. The van der Waals surface area contributed by atoms with E-state index in [-0.39, 0.29) is 75.5 Å². The Balaban J connectivity index is -0.000000531. The number of carbonyl (C=O) groups excluding carboxylic acids is 6. The molecule has 0 aliphatic heterocycles. The summed E-state index contributed by atoms with van der Waals surface area (Å²) < 4.78 is 31.3. The van der Waals surface area contributed by atoms with Gasteiger partial charge in [0.2, 0.25) is 5.91 Å². The fraction of sp³-hybridized carbons (Fsp3) is 0.619. The number of carbonyl (C=O) groups is 6. The Morgan fingerprint density at radius 1 is 0.532 bits per heavy atom. The molecule has 16 nitrogen and oxygen atoms in total. The fourth-order valence-electron chi connectivity index (χ4n) is 6.27. The molecule has 3 amide bonds. The third-order valence-electron chi connectivity index (χ3n) is 10.2. The van der Waals surface area contributed by atoms with Crippen molar-refractivity contribution >= 4 is 41.7 Å². The lowest BCUT2D eigenvalue weighted by Gasteiger charge is -2.22. The van der Waals surface area contributed by atoms with E-state index >= 15 is 0 Å². The molecule has 0 atom stereocenters. The van der Waals surface area contributed by atoms with Crippen LogP contribution in [-0.2, 0) is 82.1 Å². The van der Waals surface area contributed by atoms with Crippen LogP contribution in [0.3, 0.4) is 0 Å². The van der Waals surface area contributed by atoms with E-state index < -0.39 is 12.2 Å². The van der Waals surface area contributed by atoms with Gasteiger partial charge < -0.3 is 48.9 Å². The smallest absolute Gasteiger partial charge is 0.409 e. The Hall–Kier alpha value is -6.16. The van der Waals surface area contributed by atoms with Gasteiger partial charge in [-0.05, 0) is 90.1 Å². The quantitative estimate of drug-likeness (QED) is 0.0637. The number of benzene rings is 3. The third-order valence-corrected chi connectivity index (χ3v) is 10.2. The molecule has 0 aromatic heterocycles. The highest BCUT2D eigenvalue weighted by Gasteiger charge is 2.17. The molecule has 0 unspecified atom stereocenters. The number of esters is 3. The van der Waals surface area contributed by atoms with Crippen LogP contribution in [0.4, 0.5) is 15.3 Å². The molecule has 2 N–H and O–H groups in total. The van der Waals surface area contributed by atoms with Crippen LogP contribution in [0.1, 0.15) is 179 Å². The minimum Gasteiger partial charge on any atom is -0.495 e. The highest BCUT2D eigenvalue weighted by Crippen LogP contribution is 2.26. The topological polar surface area (TPSA) is 188 Å². The van der Waals surface area contributed by atoms with Crippen molar-refractivity contribution in [2.75, 3.05) is 46.2 Å². The average Bonchev–Trinajstić information content (AvgIpc) is 3.39. The second-order valence-electron chi connectivity index (χ2n) is 19.7. The summed E-state index contributed by atoms with van der Waals surface area (Å²) in [6.45, 7) is 39.0. The molecule has 0 fully saturated rings. The molecule has 0 heterocycles. The van der Waals surface area contributed by atoms with Gasteiger partial charge in [-0.25, -0.2) is 9.59 Å². The van der Waals surface area contributed by atoms with Gasteiger partial charge in [0.1, 0.15) is 32.2 Å². The van der Waals surface area contributed by atoms with Crippen molar-refractivity contribution < 1.29 is 57.2 Å². The van der Waals surface area contributed by atoms with Gasteiger partial charge in [0.15, 0.2) is 0 Å². The predicted octanol–water partition coefficient (Wildman–Crippen LogP) is 14.0. The van der Waals surface area contributed by atoms with E-state index in [0.29, 0.717) is 61.0 Å². The molecule has 3 aromatic carbocycles. The Bertz CT molecular complexity index is 2120. The second-order valence-corrected chi connectivity index (χ2v) is 19.7. The van der Waals surface area contributed by atoms with Crippen molar-refractivity contribution in [3.63, 3.8) is 0 Å². The van der Waals surface area contributed by atoms with E-state index in [9.17, 15) is 28.8 Å². The number of amides is 3. The van der Waals surface area contributed by atoms with Crippen LogP contribution in [0.15, 0.2) is 60.7 Å². The van der Waals surface area contributed by atoms with E-state index in [0.717, 1.165) is 35.1 Å². The van der Waals surface area contributed by atoms with Crippen molar-refractivity contribution in [2.24, 2.45) is 23.7 Å². The minimum atomic E-state index is -0.526. The standard InChI is InChI=1S/C23H38N4O6.C18H26O4.C15H22O2.3C2H6.CH4/c1-16(2)24-11-10-21(28)25-19-14-18(8-9-20(19)31-7)15-32-22(29)26(5)12-13-27(6)23(30)33-17(3)4;1-12(2)8-16-7-6-15(10-21-14(5)19)9-17(16)11-22-18(20)13(3)4;1-11(2)9-13-5-7-14(8-6-13)10-17-15(16)12(3)4;3*1-2;/h8-9,14,16-17,24H,10-13,15H2,1-7H3,(H,25,28);6-7,9,12-13H,8,10-11H2,1-5H3;5-8,11-12H,9-10H2,1-4H3;3*1-2H3;1H4. The van der Waals surface area contributed by atoms with Crippen LogP contribution in [0, 0.1) is 23.7 Å². The number of hydrogen-bond donors (Lipinski definition) is 2. The summed E-state index contributed by atoms with van der Waals surface area (Å²) >= 11 is 0. The Kier molecular flexibility index (Phi) is 46.9. The molecule has 79 heavy (non-hydrogen) atoms. The first kappa shape index (κ1) is 79.3. The van der Waals surface area contributed by atoms with E-state index in [4.69, 9.17) is 28.4 Å². The van der Waals surface area contributed by atoms with Gasteiger partial charge in [0.25, 0.3) is 0 Å². The molecule has 0 saturated carbocycles. The molecule has 0 saturated heterocycles. The Morgan fingerprint density at radius 2 is 0.987 bits per heavy atom. The van der Waals surface area contributed by atoms with Crippen molar-refractivity contribution in [3.05, 3.63) is 94.0 Å². The van der Waals surface area contributed by atoms with Crippen LogP contribution in [-0.4, -0.2) is 98.8 Å². The molecule has 0 aliphatic carbocycles. The van der Waals surface area contributed by atoms with Crippen LogP contribution in [0.25, 0.3) is 0 Å². The first-order valence-electron chi connectivity index (χ1n) is 28.0. The van der Waals surface area contributed by atoms with Gasteiger partial charge in [-0.1, -0.05) is 161 Å². The number of nitrogens with zero attached hydrogens (tertiary/aromatic N) is 2. The van der Waals surface area contributed by atoms with Crippen LogP contribution < -0.4 is 15.4 Å². The molecule has 0 spiro atoms. The lowest BCUT2D eigenvalue weighted by Crippen LogP contribution is -2.38. The molecular formula is C63H108N4O12. The van der Waals surface area contributed by atoms with E-state index in [1.54, 1.807) is 46.1 Å². The number of ether oxygens (including phenoxy) is 6. The first-order valence-corrected chi connectivity index (χ1v) is 28.0. The SMILES string of the molecule is C.CC.CC.CC.CC(=O)OCc1ccc(CC(C)C)c(COC(=O)C(C)C)c1.CC(C)Cc1ccc(COC(=O)C(C)C)cc1.COc1ccc(COC(=O)N(C)CCN(C)C(=O)OC(C)C)cc1NC(=O)CCNC(C)C. The lowest BCUT2D eigenvalue weighted by molar-refractivity contribution is -0.149. The summed E-state index contributed by atoms with van der Waals surface area (Å²) in [5.74, 6) is 0.696. The highest BCUT2D eigenvalue weighted by molar-refractivity contribution is 5.92. The Labute approximate surface area is 478 Å². The van der Waals surface area contributed by atoms with Crippen molar-refractivity contribution in [2.45, 2.75) is 197 Å². The molecule has 452 valence electrons. The number of likely N-dealkylation sites (N-methyl/N-ethyl adjacent to an activating group) is 2. The van der Waals surface area contributed by atoms with E-state index in [2.05, 4.69) is 50.5 Å². The minimum absolute atomic E-state index is 0. The van der Waals surface area contributed by atoms with Gasteiger partial charge in [0, 0.05) is 53.1 Å². The van der Waals surface area contributed by atoms with Gasteiger partial charge in [-0.2, -0.15) is 0 Å². The zero-order valence-electron chi connectivity index (χ0n) is 52.1. The first-order chi connectivity index (χ1) is 36.8. The second kappa shape index (κ2) is 46.7. The normalized spacial score (nSPS) is 10.1. The van der Waals surface area contributed by atoms with Gasteiger partial charge >= 0.3 is 30.1 Å². The van der Waals surface area contributed by atoms with E-state index in [1.165, 1.54) is 29.4 Å². The van der Waals surface area contributed by atoms with Crippen molar-refractivity contribution in [1.29, 1.82) is 0 Å². The highest BCUT2D eigenvalue weighted by atomic mass is 16.6. The van der Waals surface area contributed by atoms with Gasteiger partial charge in [-0.15, -0.1) is 0 Å². The average molecular weight is 1110 g/mol. The summed E-state index contributed by atoms with van der Waals surface area (Å²) in [6.07, 6.45) is 1.15. The molecule has 0 aliphatic rings. The fourth-order valence-corrected chi connectivity index (χ4v) is 6.27. The molecule has 3 rings (SSSR count). The number of anilines is 1. The van der Waals surface area contributed by atoms with Crippen LogP contribution in [0.2, 0.25) is 0 Å². The molecule has 0 radical (unpaired) electrons. The lowest BCUT2D eigenvalue weighted by atomic mass is 9.96. The van der Waals surface area contributed by atoms with Crippen LogP contribution >= 0.6 is 0 Å². The maximum absolute atomic E-state index is 12.3. The number of nitrogens with one attached hydrogen (secondary N) is 2. The molecule has 3 aromatic rings. The predicted molar refractivity (Wildman–Crippen MR) is 322 cm³/mol. The maximum Gasteiger partial charge on any atom is 0.409 e. The monoisotopic (exact) mass is 1110 g/mol. The zero-order chi connectivity index (χ0) is 60.5. The number of methoxy groups -OCH3 is 1. The summed E-state index contributed by atoms with van der Waals surface area (Å²) in [4.78, 5) is 73.0. The number of rotatable bonds is 24. The number of hydrogen-bond acceptors (Lipinski definition) is 13. The van der Waals surface area contributed by atoms with Gasteiger partial charge in [-0.3, -0.25) is 19.2 Å². The zero-order valence-corrected chi connectivity index (χ0v) is 52.1. The molecule has 16 heteroatoms. The Morgan fingerprint density at radius 3 is 1.47 bits per heavy atom. The van der Waals surface area contributed by atoms with Crippen molar-refractivity contribution in [1.82, 2.24) is 15.1 Å². The molecular weight excluding hydrogens is 1000 g/mol. The van der Waals surface area contributed by atoms with Crippen LogP contribution in [0.5, 0.6) is 5.75 Å². The van der Waals surface area contributed by atoms with Gasteiger partial charge in [0.05, 0.1) is 30.7 Å². The van der Waals surface area contributed by atoms with Crippen molar-refractivity contribution in [3.8, 4) is 5.75 Å². The van der Waals surface area contributed by atoms with E-state index in [1.807, 2.05) is 113 Å². The summed E-state index contributed by atoms with van der Waals surface area (Å²) in [5.41, 5.74) is 6.64. The molecule has 0 bridgehead atoms. The largest absolute Gasteiger partial charge is 0.495 e. The summed E-state index contributed by atoms with van der Waals surface area (Å²) in [6, 6.07) is 19.7. The third kappa shape index (κ3) is 39.0. The summed E-state index contributed by atoms with van der Waals surface area (Å²) in [7, 11) is 4.72. The summed E-state index contributed by atoms with van der Waals surface area (Å²) in [5, 5.41) is 6.03.